The van der Waals surface area contributed by atoms with E-state index in [0.717, 1.165) is 26.7 Å². The van der Waals surface area contributed by atoms with Crippen LogP contribution in [-0.4, -0.2) is 36.6 Å². The Morgan fingerprint density at radius 2 is 1.88 bits per heavy atom. The summed E-state index contributed by atoms with van der Waals surface area (Å²) in [7, 11) is 6.92. The van der Waals surface area contributed by atoms with E-state index in [9.17, 15) is 4.79 Å². The molecule has 0 N–H and O–H groups in total. The number of amides is 1. The van der Waals surface area contributed by atoms with E-state index in [1.54, 1.807) is 26.2 Å². The van der Waals surface area contributed by atoms with E-state index in [1.807, 2.05) is 54.1 Å². The van der Waals surface area contributed by atoms with Crippen LogP contribution >= 0.6 is 15.9 Å². The molecule has 6 heteroatoms. The van der Waals surface area contributed by atoms with Gasteiger partial charge in [0.15, 0.2) is 0 Å². The van der Waals surface area contributed by atoms with Gasteiger partial charge in [0.05, 0.1) is 18.7 Å². The topological polar surface area (TPSA) is 43.7 Å². The number of aromatic nitrogens is 1. The molecule has 3 rings (SSSR count). The second-order valence-corrected chi connectivity index (χ2v) is 6.87. The van der Waals surface area contributed by atoms with E-state index in [2.05, 4.69) is 15.9 Å². The van der Waals surface area contributed by atoms with E-state index in [-0.39, 0.29) is 5.91 Å². The van der Waals surface area contributed by atoms with Crippen molar-refractivity contribution in [2.24, 2.45) is 7.05 Å². The molecule has 0 atom stereocenters. The number of ether oxygens (including phenoxy) is 2. The SMILES string of the molecule is COc1ccc(CN(C)C(=O)c2c(Br)c3ccccc3n2C)c(OC)c1. The third-order valence-electron chi connectivity index (χ3n) is 4.50. The number of hydrogen-bond acceptors (Lipinski definition) is 3. The zero-order valence-corrected chi connectivity index (χ0v) is 16.8. The Kier molecular flexibility index (Phi) is 5.23. The summed E-state index contributed by atoms with van der Waals surface area (Å²) < 4.78 is 13.4. The number of benzene rings is 2. The molecule has 0 saturated heterocycles. The van der Waals surface area contributed by atoms with Gasteiger partial charge in [-0.1, -0.05) is 18.2 Å². The maximum absolute atomic E-state index is 13.1. The van der Waals surface area contributed by atoms with E-state index >= 15 is 0 Å². The Bertz CT molecular complexity index is 926. The van der Waals surface area contributed by atoms with Crippen LogP contribution in [0.15, 0.2) is 46.9 Å². The average molecular weight is 417 g/mol. The van der Waals surface area contributed by atoms with Crippen molar-refractivity contribution >= 4 is 32.7 Å². The van der Waals surface area contributed by atoms with Crippen LogP contribution in [-0.2, 0) is 13.6 Å². The average Bonchev–Trinajstić information content (AvgIpc) is 2.92. The lowest BCUT2D eigenvalue weighted by Gasteiger charge is -2.20. The summed E-state index contributed by atoms with van der Waals surface area (Å²) in [6.07, 6.45) is 0. The van der Waals surface area contributed by atoms with Crippen LogP contribution in [0.25, 0.3) is 10.9 Å². The highest BCUT2D eigenvalue weighted by Gasteiger charge is 2.23. The third-order valence-corrected chi connectivity index (χ3v) is 5.30. The molecular weight excluding hydrogens is 396 g/mol. The molecule has 0 fully saturated rings. The Labute approximate surface area is 161 Å². The number of methoxy groups -OCH3 is 2. The monoisotopic (exact) mass is 416 g/mol. The lowest BCUT2D eigenvalue weighted by molar-refractivity contribution is 0.0774. The summed E-state index contributed by atoms with van der Waals surface area (Å²) >= 11 is 3.59. The van der Waals surface area contributed by atoms with Gasteiger partial charge in [0, 0.05) is 43.2 Å². The number of carbonyl (C=O) groups excluding carboxylic acids is 1. The van der Waals surface area contributed by atoms with E-state index in [4.69, 9.17) is 9.47 Å². The minimum absolute atomic E-state index is 0.0616. The largest absolute Gasteiger partial charge is 0.497 e. The van der Waals surface area contributed by atoms with Crippen LogP contribution < -0.4 is 9.47 Å². The lowest BCUT2D eigenvalue weighted by atomic mass is 10.1. The molecule has 1 heterocycles. The molecule has 0 aliphatic carbocycles. The predicted octanol–water partition coefficient (Wildman–Crippen LogP) is 4.23. The quantitative estimate of drug-likeness (QED) is 0.624. The Hall–Kier alpha value is -2.47. The van der Waals surface area contributed by atoms with Gasteiger partial charge < -0.3 is 18.9 Å². The molecular formula is C20H21BrN2O3. The van der Waals surface area contributed by atoms with E-state index in [1.165, 1.54) is 0 Å². The van der Waals surface area contributed by atoms with Crippen LogP contribution in [0.1, 0.15) is 16.1 Å². The van der Waals surface area contributed by atoms with Crippen molar-refractivity contribution in [2.45, 2.75) is 6.54 Å². The molecule has 0 radical (unpaired) electrons. The summed E-state index contributed by atoms with van der Waals surface area (Å²) in [6, 6.07) is 13.5. The minimum Gasteiger partial charge on any atom is -0.497 e. The van der Waals surface area contributed by atoms with Crippen molar-refractivity contribution in [2.75, 3.05) is 21.3 Å². The molecule has 0 aliphatic heterocycles. The van der Waals surface area contributed by atoms with Crippen LogP contribution in [0.3, 0.4) is 0 Å². The first kappa shape index (κ1) is 18.3. The number of aryl methyl sites for hydroxylation is 1. The van der Waals surface area contributed by atoms with Gasteiger partial charge in [-0.3, -0.25) is 4.79 Å². The Morgan fingerprint density at radius 3 is 2.54 bits per heavy atom. The maximum atomic E-state index is 13.1. The van der Waals surface area contributed by atoms with Gasteiger partial charge in [-0.15, -0.1) is 0 Å². The van der Waals surface area contributed by atoms with Gasteiger partial charge in [0.2, 0.25) is 0 Å². The Morgan fingerprint density at radius 1 is 1.15 bits per heavy atom. The smallest absolute Gasteiger partial charge is 0.271 e. The number of rotatable bonds is 5. The molecule has 1 amide bonds. The number of halogens is 1. The summed E-state index contributed by atoms with van der Waals surface area (Å²) in [6.45, 7) is 0.431. The summed E-state index contributed by atoms with van der Waals surface area (Å²) in [5.74, 6) is 1.35. The van der Waals surface area contributed by atoms with Crippen LogP contribution in [0.5, 0.6) is 11.5 Å². The second-order valence-electron chi connectivity index (χ2n) is 6.08. The first-order valence-corrected chi connectivity index (χ1v) is 8.96. The fourth-order valence-corrected chi connectivity index (χ4v) is 3.85. The lowest BCUT2D eigenvalue weighted by Crippen LogP contribution is -2.28. The zero-order chi connectivity index (χ0) is 18.8. The number of nitrogens with zero attached hydrogens (tertiary/aromatic N) is 2. The van der Waals surface area contributed by atoms with Gasteiger partial charge in [0.25, 0.3) is 5.91 Å². The molecule has 26 heavy (non-hydrogen) atoms. The normalized spacial score (nSPS) is 10.8. The van der Waals surface area contributed by atoms with Gasteiger partial charge in [-0.05, 0) is 34.1 Å². The molecule has 1 aromatic heterocycles. The molecule has 0 spiro atoms. The maximum Gasteiger partial charge on any atom is 0.271 e. The van der Waals surface area contributed by atoms with E-state index < -0.39 is 0 Å². The minimum atomic E-state index is -0.0616. The van der Waals surface area contributed by atoms with Crippen molar-refractivity contribution in [3.8, 4) is 11.5 Å². The molecule has 0 bridgehead atoms. The number of carbonyl (C=O) groups is 1. The second kappa shape index (κ2) is 7.41. The van der Waals surface area contributed by atoms with E-state index in [0.29, 0.717) is 18.0 Å². The first-order chi connectivity index (χ1) is 12.5. The fraction of sp³-hybridized carbons (Fsp3) is 0.250. The van der Waals surface area contributed by atoms with Crippen molar-refractivity contribution < 1.29 is 14.3 Å². The van der Waals surface area contributed by atoms with Crippen molar-refractivity contribution in [1.29, 1.82) is 0 Å². The molecule has 0 unspecified atom stereocenters. The number of hydrogen-bond donors (Lipinski definition) is 0. The highest BCUT2D eigenvalue weighted by Crippen LogP contribution is 2.32. The summed E-state index contributed by atoms with van der Waals surface area (Å²) in [5.41, 5.74) is 2.55. The Balaban J connectivity index is 1.92. The predicted molar refractivity (Wildman–Crippen MR) is 106 cm³/mol. The number of para-hydroxylation sites is 1. The van der Waals surface area contributed by atoms with Gasteiger partial charge in [-0.25, -0.2) is 0 Å². The van der Waals surface area contributed by atoms with Crippen LogP contribution in [0, 0.1) is 0 Å². The molecule has 3 aromatic rings. The van der Waals surface area contributed by atoms with Crippen molar-refractivity contribution in [3.05, 3.63) is 58.2 Å². The van der Waals surface area contributed by atoms with Gasteiger partial charge in [0.1, 0.15) is 17.2 Å². The zero-order valence-electron chi connectivity index (χ0n) is 15.2. The van der Waals surface area contributed by atoms with Gasteiger partial charge >= 0.3 is 0 Å². The molecule has 0 saturated carbocycles. The van der Waals surface area contributed by atoms with Crippen LogP contribution in [0.4, 0.5) is 0 Å². The molecule has 136 valence electrons. The highest BCUT2D eigenvalue weighted by atomic mass is 79.9. The summed E-state index contributed by atoms with van der Waals surface area (Å²) in [5, 5.41) is 1.02. The van der Waals surface area contributed by atoms with Gasteiger partial charge in [-0.2, -0.15) is 0 Å². The molecule has 2 aromatic carbocycles. The first-order valence-electron chi connectivity index (χ1n) is 8.17. The number of fused-ring (bicyclic) bond motifs is 1. The summed E-state index contributed by atoms with van der Waals surface area (Å²) in [4.78, 5) is 14.8. The third kappa shape index (κ3) is 3.17. The molecule has 5 nitrogen and oxygen atoms in total. The van der Waals surface area contributed by atoms with Crippen molar-refractivity contribution in [1.82, 2.24) is 9.47 Å². The standard InChI is InChI=1S/C20H21BrN2O3/c1-22(12-13-9-10-14(25-3)11-17(13)26-4)20(24)19-18(21)15-7-5-6-8-16(15)23(19)2/h5-11H,12H2,1-4H3. The highest BCUT2D eigenvalue weighted by molar-refractivity contribution is 9.10. The molecule has 0 aliphatic rings. The van der Waals surface area contributed by atoms with Crippen molar-refractivity contribution in [3.63, 3.8) is 0 Å². The fourth-order valence-electron chi connectivity index (χ4n) is 3.07. The van der Waals surface area contributed by atoms with Crippen LogP contribution in [0.2, 0.25) is 0 Å².